The van der Waals surface area contributed by atoms with Crippen LogP contribution in [0.2, 0.25) is 0 Å². The van der Waals surface area contributed by atoms with Gasteiger partial charge in [-0.1, -0.05) is 129 Å². The third kappa shape index (κ3) is 21.5. The molecule has 36 heavy (non-hydrogen) atoms. The summed E-state index contributed by atoms with van der Waals surface area (Å²) in [4.78, 5) is 0. The monoisotopic (exact) mass is 550 g/mol. The van der Waals surface area contributed by atoms with Crippen LogP contribution in [0.4, 0.5) is 0 Å². The van der Waals surface area contributed by atoms with Crippen LogP contribution in [0.25, 0.3) is 0 Å². The van der Waals surface area contributed by atoms with Gasteiger partial charge in [-0.05, 0) is 31.3 Å². The molecule has 0 unspecified atom stereocenters. The minimum absolute atomic E-state index is 0.175. The highest BCUT2D eigenvalue weighted by Crippen LogP contribution is 2.31. The summed E-state index contributed by atoms with van der Waals surface area (Å²) in [6.07, 6.45) is 21.4. The summed E-state index contributed by atoms with van der Waals surface area (Å²) in [6, 6.07) is 0. The quantitative estimate of drug-likeness (QED) is 0.0582. The zero-order valence-electron chi connectivity index (χ0n) is 24.0. The van der Waals surface area contributed by atoms with Crippen molar-refractivity contribution in [2.24, 2.45) is 0 Å². The molecular formula is C30H62O4S2. The Hall–Kier alpha value is 0.540. The van der Waals surface area contributed by atoms with E-state index in [1.807, 2.05) is 0 Å². The molecule has 0 aliphatic carbocycles. The Balaban J connectivity index is 4.14. The highest BCUT2D eigenvalue weighted by Gasteiger charge is 2.33. The molecule has 0 aliphatic heterocycles. The Bertz CT molecular complexity index is 413. The van der Waals surface area contributed by atoms with Crippen LogP contribution in [0.5, 0.6) is 0 Å². The van der Waals surface area contributed by atoms with Crippen LogP contribution in [-0.4, -0.2) is 60.9 Å². The Morgan fingerprint density at radius 3 is 1.03 bits per heavy atom. The molecule has 218 valence electrons. The van der Waals surface area contributed by atoms with Crippen molar-refractivity contribution in [2.45, 2.75) is 178 Å². The van der Waals surface area contributed by atoms with Crippen molar-refractivity contribution in [2.75, 3.05) is 11.5 Å². The molecule has 0 spiro atoms. The molecule has 0 aromatic carbocycles. The first kappa shape index (κ1) is 36.5. The first-order valence-electron chi connectivity index (χ1n) is 15.4. The Labute approximate surface area is 233 Å². The largest absolute Gasteiger partial charge is 0.391 e. The number of thioether (sulfide) groups is 2. The lowest BCUT2D eigenvalue weighted by Crippen LogP contribution is -2.46. The molecule has 4 N–H and O–H groups in total. The SMILES string of the molecule is CCCCCCCCCCCCSC(SCCCCCCCCCCCC)[C@H](O)[C@H](O)[C@@H](O)[C@H](C)O. The van der Waals surface area contributed by atoms with Gasteiger partial charge in [0.15, 0.2) is 0 Å². The highest BCUT2D eigenvalue weighted by atomic mass is 32.2. The van der Waals surface area contributed by atoms with Crippen LogP contribution in [0, 0.1) is 0 Å². The maximum absolute atomic E-state index is 10.8. The second kappa shape index (κ2) is 27.1. The van der Waals surface area contributed by atoms with Gasteiger partial charge in [-0.25, -0.2) is 0 Å². The van der Waals surface area contributed by atoms with Gasteiger partial charge in [-0.3, -0.25) is 0 Å². The summed E-state index contributed by atoms with van der Waals surface area (Å²) in [7, 11) is 0. The zero-order valence-corrected chi connectivity index (χ0v) is 25.7. The van der Waals surface area contributed by atoms with Gasteiger partial charge in [0.1, 0.15) is 18.3 Å². The molecule has 6 heteroatoms. The molecule has 4 nitrogen and oxygen atoms in total. The maximum Gasteiger partial charge on any atom is 0.110 e. The van der Waals surface area contributed by atoms with Crippen LogP contribution in [-0.2, 0) is 0 Å². The molecular weight excluding hydrogens is 488 g/mol. The van der Waals surface area contributed by atoms with Gasteiger partial charge in [0, 0.05) is 0 Å². The second-order valence-electron chi connectivity index (χ2n) is 10.7. The third-order valence-corrected chi connectivity index (χ3v) is 10.1. The Morgan fingerprint density at radius 2 is 0.722 bits per heavy atom. The number of hydrogen-bond acceptors (Lipinski definition) is 6. The third-order valence-electron chi connectivity index (χ3n) is 7.03. The molecule has 0 rings (SSSR count). The predicted molar refractivity (Wildman–Crippen MR) is 162 cm³/mol. The lowest BCUT2D eigenvalue weighted by Gasteiger charge is -2.30. The van der Waals surface area contributed by atoms with Crippen LogP contribution in [0.1, 0.15) is 149 Å². The van der Waals surface area contributed by atoms with Crippen molar-refractivity contribution >= 4 is 23.5 Å². The van der Waals surface area contributed by atoms with Gasteiger partial charge in [-0.2, -0.15) is 0 Å². The van der Waals surface area contributed by atoms with E-state index in [1.165, 1.54) is 122 Å². The second-order valence-corrected chi connectivity index (χ2v) is 13.5. The van der Waals surface area contributed by atoms with Gasteiger partial charge in [0.05, 0.1) is 10.7 Å². The van der Waals surface area contributed by atoms with Gasteiger partial charge in [0.25, 0.3) is 0 Å². The van der Waals surface area contributed by atoms with E-state index in [4.69, 9.17) is 0 Å². The van der Waals surface area contributed by atoms with Crippen LogP contribution >= 0.6 is 23.5 Å². The Kier molecular flexibility index (Phi) is 27.5. The van der Waals surface area contributed by atoms with E-state index in [-0.39, 0.29) is 4.58 Å². The molecule has 0 saturated heterocycles. The van der Waals surface area contributed by atoms with Crippen molar-refractivity contribution in [3.05, 3.63) is 0 Å². The number of hydrogen-bond donors (Lipinski definition) is 4. The first-order chi connectivity index (χ1) is 17.5. The first-order valence-corrected chi connectivity index (χ1v) is 17.5. The van der Waals surface area contributed by atoms with Gasteiger partial charge < -0.3 is 20.4 Å². The molecule has 0 amide bonds. The van der Waals surface area contributed by atoms with Gasteiger partial charge in [0.2, 0.25) is 0 Å². The Morgan fingerprint density at radius 1 is 0.417 bits per heavy atom. The van der Waals surface area contributed by atoms with E-state index < -0.39 is 24.4 Å². The minimum atomic E-state index is -1.32. The topological polar surface area (TPSA) is 80.9 Å². The normalized spacial score (nSPS) is 15.3. The van der Waals surface area contributed by atoms with E-state index in [9.17, 15) is 20.4 Å². The molecule has 0 bridgehead atoms. The summed E-state index contributed by atoms with van der Waals surface area (Å²) in [5, 5.41) is 40.8. The molecule has 0 aromatic heterocycles. The number of aliphatic hydroxyl groups excluding tert-OH is 4. The van der Waals surface area contributed by atoms with Gasteiger partial charge >= 0.3 is 0 Å². The number of unbranched alkanes of at least 4 members (excludes halogenated alkanes) is 18. The molecule has 0 aliphatic rings. The fraction of sp³-hybridized carbons (Fsp3) is 1.00. The van der Waals surface area contributed by atoms with E-state index in [0.717, 1.165) is 24.3 Å². The fourth-order valence-corrected chi connectivity index (χ4v) is 7.36. The number of rotatable bonds is 28. The van der Waals surface area contributed by atoms with Crippen molar-refractivity contribution in [1.82, 2.24) is 0 Å². The summed E-state index contributed by atoms with van der Waals surface area (Å²) < 4.78 is -0.175. The molecule has 0 radical (unpaired) electrons. The summed E-state index contributed by atoms with van der Waals surface area (Å²) in [5.74, 6) is 1.92. The van der Waals surface area contributed by atoms with Crippen molar-refractivity contribution in [3.63, 3.8) is 0 Å². The molecule has 4 atom stereocenters. The van der Waals surface area contributed by atoms with E-state index in [0.29, 0.717) is 0 Å². The van der Waals surface area contributed by atoms with Crippen LogP contribution < -0.4 is 0 Å². The summed E-state index contributed by atoms with van der Waals surface area (Å²) >= 11 is 3.41. The summed E-state index contributed by atoms with van der Waals surface area (Å²) in [5.41, 5.74) is 0. The minimum Gasteiger partial charge on any atom is -0.391 e. The molecule has 0 saturated carbocycles. The average Bonchev–Trinajstić information content (AvgIpc) is 2.87. The fourth-order valence-electron chi connectivity index (χ4n) is 4.47. The van der Waals surface area contributed by atoms with E-state index in [2.05, 4.69) is 13.8 Å². The summed E-state index contributed by atoms with van der Waals surface area (Å²) in [6.45, 7) is 5.96. The molecule has 0 heterocycles. The van der Waals surface area contributed by atoms with E-state index >= 15 is 0 Å². The molecule has 0 fully saturated rings. The van der Waals surface area contributed by atoms with Gasteiger partial charge in [-0.15, -0.1) is 23.5 Å². The zero-order chi connectivity index (χ0) is 26.9. The average molecular weight is 551 g/mol. The predicted octanol–water partition coefficient (Wildman–Crippen LogP) is 8.08. The highest BCUT2D eigenvalue weighted by molar-refractivity contribution is 8.17. The smallest absolute Gasteiger partial charge is 0.110 e. The maximum atomic E-state index is 10.8. The number of aliphatic hydroxyl groups is 4. The lowest BCUT2D eigenvalue weighted by atomic mass is 10.1. The molecule has 0 aromatic rings. The van der Waals surface area contributed by atoms with Crippen LogP contribution in [0.15, 0.2) is 0 Å². The van der Waals surface area contributed by atoms with Crippen LogP contribution in [0.3, 0.4) is 0 Å². The van der Waals surface area contributed by atoms with Crippen molar-refractivity contribution < 1.29 is 20.4 Å². The lowest BCUT2D eigenvalue weighted by molar-refractivity contribution is -0.0952. The van der Waals surface area contributed by atoms with Crippen molar-refractivity contribution in [3.8, 4) is 0 Å². The van der Waals surface area contributed by atoms with E-state index in [1.54, 1.807) is 23.5 Å². The van der Waals surface area contributed by atoms with Crippen molar-refractivity contribution in [1.29, 1.82) is 0 Å². The standard InChI is InChI=1S/C30H62O4S2/c1-4-6-8-10-12-14-16-18-20-22-24-35-30(29(34)28(33)27(32)26(3)31)36-25-23-21-19-17-15-13-11-9-7-5-2/h26-34H,4-25H2,1-3H3/t26-,27-,28+,29+/m0/s1.